The number of hydrogen-bond acceptors (Lipinski definition) is 3. The molecule has 1 aromatic carbocycles. The summed E-state index contributed by atoms with van der Waals surface area (Å²) in [5, 5.41) is 7.77. The van der Waals surface area contributed by atoms with Crippen molar-refractivity contribution in [3.8, 4) is 0 Å². The molecule has 2 aromatic heterocycles. The number of H-pyrrole nitrogens is 1. The number of aromatic nitrogens is 3. The molecule has 1 aliphatic heterocycles. The molecule has 1 saturated heterocycles. The summed E-state index contributed by atoms with van der Waals surface area (Å²) >= 11 is 0. The highest BCUT2D eigenvalue weighted by molar-refractivity contribution is 5.94. The molecule has 29 heavy (non-hydrogen) atoms. The molecule has 7 nitrogen and oxygen atoms in total. The molecular weight excluding hydrogens is 373 g/mol. The van der Waals surface area contributed by atoms with Gasteiger partial charge in [0.2, 0.25) is 11.8 Å². The van der Waals surface area contributed by atoms with Crippen LogP contribution in [-0.2, 0) is 23.1 Å². The lowest BCUT2D eigenvalue weighted by atomic mass is 10.1. The van der Waals surface area contributed by atoms with Gasteiger partial charge in [0.05, 0.1) is 29.9 Å². The molecule has 1 unspecified atom stereocenters. The highest BCUT2D eigenvalue weighted by Gasteiger charge is 2.32. The second kappa shape index (κ2) is 7.35. The SMILES string of the molecule is Cc1[nH]c2ccc(F)cc2c1CC(=O)N1CCC(C(=O)Nc2cnn(C)c2C)C1. The smallest absolute Gasteiger partial charge is 0.229 e. The van der Waals surface area contributed by atoms with Crippen LogP contribution in [0.5, 0.6) is 0 Å². The van der Waals surface area contributed by atoms with Gasteiger partial charge >= 0.3 is 0 Å². The zero-order valence-electron chi connectivity index (χ0n) is 16.8. The van der Waals surface area contributed by atoms with Gasteiger partial charge in [-0.1, -0.05) is 0 Å². The molecule has 1 aliphatic rings. The van der Waals surface area contributed by atoms with Crippen LogP contribution in [0.4, 0.5) is 10.1 Å². The van der Waals surface area contributed by atoms with Crippen molar-refractivity contribution in [1.82, 2.24) is 19.7 Å². The van der Waals surface area contributed by atoms with Gasteiger partial charge in [0.15, 0.2) is 0 Å². The van der Waals surface area contributed by atoms with Gasteiger partial charge < -0.3 is 15.2 Å². The Morgan fingerprint density at radius 1 is 1.34 bits per heavy atom. The molecule has 2 amide bonds. The van der Waals surface area contributed by atoms with Crippen LogP contribution >= 0.6 is 0 Å². The Labute approximate surface area is 167 Å². The van der Waals surface area contributed by atoms with E-state index in [1.54, 1.807) is 21.8 Å². The molecule has 2 N–H and O–H groups in total. The fourth-order valence-electron chi connectivity index (χ4n) is 3.90. The second-order valence-electron chi connectivity index (χ2n) is 7.68. The summed E-state index contributed by atoms with van der Waals surface area (Å²) in [6, 6.07) is 4.54. The highest BCUT2D eigenvalue weighted by atomic mass is 19.1. The van der Waals surface area contributed by atoms with E-state index in [0.717, 1.165) is 27.9 Å². The normalized spacial score (nSPS) is 16.6. The van der Waals surface area contributed by atoms with Crippen LogP contribution in [0.25, 0.3) is 10.9 Å². The van der Waals surface area contributed by atoms with E-state index in [1.807, 2.05) is 20.9 Å². The van der Waals surface area contributed by atoms with Gasteiger partial charge in [-0.25, -0.2) is 4.39 Å². The Bertz CT molecular complexity index is 1100. The van der Waals surface area contributed by atoms with Crippen LogP contribution in [0, 0.1) is 25.6 Å². The summed E-state index contributed by atoms with van der Waals surface area (Å²) in [5.41, 5.74) is 4.06. The van der Waals surface area contributed by atoms with Gasteiger partial charge in [-0.2, -0.15) is 5.10 Å². The molecule has 152 valence electrons. The average Bonchev–Trinajstić information content (AvgIpc) is 3.37. The molecule has 0 bridgehead atoms. The van der Waals surface area contributed by atoms with E-state index < -0.39 is 0 Å². The van der Waals surface area contributed by atoms with E-state index in [2.05, 4.69) is 15.4 Å². The van der Waals surface area contributed by atoms with Crippen molar-refractivity contribution in [3.05, 3.63) is 47.2 Å². The number of carbonyl (C=O) groups is 2. The third-order valence-electron chi connectivity index (χ3n) is 5.81. The standard InChI is InChI=1S/C21H24FN5O2/c1-12-16(17-8-15(22)4-5-18(17)24-12)9-20(28)27-7-6-14(11-27)21(29)25-19-10-23-26(3)13(19)2/h4-5,8,10,14,24H,6-7,9,11H2,1-3H3,(H,25,29). The Morgan fingerprint density at radius 2 is 2.14 bits per heavy atom. The lowest BCUT2D eigenvalue weighted by Gasteiger charge is -2.17. The van der Waals surface area contributed by atoms with Crippen LogP contribution < -0.4 is 5.32 Å². The maximum Gasteiger partial charge on any atom is 0.229 e. The summed E-state index contributed by atoms with van der Waals surface area (Å²) in [6.45, 7) is 4.70. The van der Waals surface area contributed by atoms with Gasteiger partial charge in [-0.3, -0.25) is 14.3 Å². The maximum absolute atomic E-state index is 13.7. The first-order valence-corrected chi connectivity index (χ1v) is 9.67. The van der Waals surface area contributed by atoms with Crippen molar-refractivity contribution < 1.29 is 14.0 Å². The minimum Gasteiger partial charge on any atom is -0.358 e. The number of rotatable bonds is 4. The second-order valence-corrected chi connectivity index (χ2v) is 7.68. The fourth-order valence-corrected chi connectivity index (χ4v) is 3.90. The third-order valence-corrected chi connectivity index (χ3v) is 5.81. The molecular formula is C21H24FN5O2. The number of halogens is 1. The number of nitrogens with zero attached hydrogens (tertiary/aromatic N) is 3. The Hall–Kier alpha value is -3.16. The number of hydrogen-bond donors (Lipinski definition) is 2. The van der Waals surface area contributed by atoms with E-state index >= 15 is 0 Å². The van der Waals surface area contributed by atoms with Gasteiger partial charge in [0, 0.05) is 36.7 Å². The quantitative estimate of drug-likeness (QED) is 0.710. The summed E-state index contributed by atoms with van der Waals surface area (Å²) in [5.74, 6) is -0.721. The van der Waals surface area contributed by atoms with Crippen molar-refractivity contribution in [2.75, 3.05) is 18.4 Å². The lowest BCUT2D eigenvalue weighted by molar-refractivity contribution is -0.129. The highest BCUT2D eigenvalue weighted by Crippen LogP contribution is 2.26. The molecule has 8 heteroatoms. The van der Waals surface area contributed by atoms with Crippen molar-refractivity contribution in [3.63, 3.8) is 0 Å². The van der Waals surface area contributed by atoms with Crippen LogP contribution in [0.1, 0.15) is 23.4 Å². The summed E-state index contributed by atoms with van der Waals surface area (Å²) < 4.78 is 15.4. The number of benzene rings is 1. The monoisotopic (exact) mass is 397 g/mol. The van der Waals surface area contributed by atoms with Crippen molar-refractivity contribution in [2.24, 2.45) is 13.0 Å². The Balaban J connectivity index is 1.42. The van der Waals surface area contributed by atoms with E-state index in [4.69, 9.17) is 0 Å². The number of carbonyl (C=O) groups excluding carboxylic acids is 2. The number of nitrogens with one attached hydrogen (secondary N) is 2. The Morgan fingerprint density at radius 3 is 2.86 bits per heavy atom. The first-order valence-electron chi connectivity index (χ1n) is 9.67. The molecule has 1 fully saturated rings. The third kappa shape index (κ3) is 3.62. The number of aromatic amines is 1. The van der Waals surface area contributed by atoms with E-state index in [1.165, 1.54) is 12.1 Å². The minimum absolute atomic E-state index is 0.0499. The van der Waals surface area contributed by atoms with Crippen LogP contribution in [0.15, 0.2) is 24.4 Å². The number of likely N-dealkylation sites (tertiary alicyclic amines) is 1. The Kier molecular flexibility index (Phi) is 4.86. The molecule has 3 heterocycles. The van der Waals surface area contributed by atoms with Crippen LogP contribution in [0.2, 0.25) is 0 Å². The van der Waals surface area contributed by atoms with E-state index in [9.17, 15) is 14.0 Å². The van der Waals surface area contributed by atoms with Gasteiger partial charge in [0.25, 0.3) is 0 Å². The van der Waals surface area contributed by atoms with Crippen molar-refractivity contribution in [2.45, 2.75) is 26.7 Å². The van der Waals surface area contributed by atoms with Crippen molar-refractivity contribution >= 4 is 28.4 Å². The summed E-state index contributed by atoms with van der Waals surface area (Å²) in [4.78, 5) is 30.4. The number of anilines is 1. The van der Waals surface area contributed by atoms with E-state index in [-0.39, 0.29) is 30.0 Å². The number of amides is 2. The van der Waals surface area contributed by atoms with Gasteiger partial charge in [-0.15, -0.1) is 0 Å². The zero-order valence-corrected chi connectivity index (χ0v) is 16.8. The largest absolute Gasteiger partial charge is 0.358 e. The maximum atomic E-state index is 13.7. The molecule has 1 atom stereocenters. The molecule has 0 aliphatic carbocycles. The van der Waals surface area contributed by atoms with E-state index in [0.29, 0.717) is 25.2 Å². The first-order chi connectivity index (χ1) is 13.8. The lowest BCUT2D eigenvalue weighted by Crippen LogP contribution is -2.32. The zero-order chi connectivity index (χ0) is 20.7. The minimum atomic E-state index is -0.325. The molecule has 4 rings (SSSR count). The summed E-state index contributed by atoms with van der Waals surface area (Å²) in [7, 11) is 1.82. The number of fused-ring (bicyclic) bond motifs is 1. The molecule has 0 spiro atoms. The topological polar surface area (TPSA) is 83.0 Å². The average molecular weight is 397 g/mol. The van der Waals surface area contributed by atoms with Gasteiger partial charge in [0.1, 0.15) is 5.82 Å². The number of aryl methyl sites for hydroxylation is 2. The fraction of sp³-hybridized carbons (Fsp3) is 0.381. The van der Waals surface area contributed by atoms with Crippen molar-refractivity contribution in [1.29, 1.82) is 0 Å². The first kappa shape index (κ1) is 19.2. The van der Waals surface area contributed by atoms with Gasteiger partial charge in [-0.05, 0) is 44.0 Å². The molecule has 3 aromatic rings. The van der Waals surface area contributed by atoms with Crippen LogP contribution in [-0.4, -0.2) is 44.6 Å². The summed E-state index contributed by atoms with van der Waals surface area (Å²) in [6.07, 6.45) is 2.44. The predicted molar refractivity (Wildman–Crippen MR) is 108 cm³/mol. The van der Waals surface area contributed by atoms with Crippen LogP contribution in [0.3, 0.4) is 0 Å². The molecule has 0 saturated carbocycles. The predicted octanol–water partition coefficient (Wildman–Crippen LogP) is 2.69. The molecule has 0 radical (unpaired) electrons.